The topological polar surface area (TPSA) is 17.1 Å². The van der Waals surface area contributed by atoms with Crippen LogP contribution >= 0.6 is 7.80 Å². The third kappa shape index (κ3) is 3.21. The van der Waals surface area contributed by atoms with E-state index in [1.54, 1.807) is 0 Å². The lowest BCUT2D eigenvalue weighted by atomic mass is 10.0. The first kappa shape index (κ1) is 11.0. The monoisotopic (exact) mass is 222 g/mol. The van der Waals surface area contributed by atoms with Gasteiger partial charge in [-0.2, -0.15) is 0 Å². The first-order valence-corrected chi connectivity index (χ1v) is 7.62. The number of rotatable bonds is 3. The fourth-order valence-corrected chi connectivity index (χ4v) is 4.34. The zero-order valence-electron chi connectivity index (χ0n) is 9.11. The third-order valence-corrected chi connectivity index (χ3v) is 5.53. The summed E-state index contributed by atoms with van der Waals surface area (Å²) in [6.45, 7) is 0. The van der Waals surface area contributed by atoms with Crippen LogP contribution in [0.4, 0.5) is 0 Å². The molecule has 1 aliphatic rings. The minimum absolute atomic E-state index is 0.531. The lowest BCUT2D eigenvalue weighted by molar-refractivity contribution is 0.490. The standard InChI is InChI=1S/C13H19OP/c14-15(13-9-5-2-6-10-13)11-12-7-3-1-4-8-12/h1,3-4,7-8,13,15H,2,5-6,9-11H2. The zero-order valence-corrected chi connectivity index (χ0v) is 10.1. The van der Waals surface area contributed by atoms with E-state index in [1.165, 1.54) is 37.7 Å². The summed E-state index contributed by atoms with van der Waals surface area (Å²) < 4.78 is 12.2. The second-order valence-corrected chi connectivity index (χ2v) is 6.57. The van der Waals surface area contributed by atoms with Crippen molar-refractivity contribution in [2.75, 3.05) is 0 Å². The Kier molecular flexibility index (Phi) is 4.02. The molecule has 2 heteroatoms. The molecule has 1 fully saturated rings. The van der Waals surface area contributed by atoms with E-state index in [0.717, 1.165) is 6.16 Å². The van der Waals surface area contributed by atoms with Crippen LogP contribution in [0.25, 0.3) is 0 Å². The molecule has 1 saturated carbocycles. The number of hydrogen-bond acceptors (Lipinski definition) is 1. The van der Waals surface area contributed by atoms with Gasteiger partial charge in [0.05, 0.1) is 7.80 Å². The highest BCUT2D eigenvalue weighted by atomic mass is 31.1. The second kappa shape index (κ2) is 5.51. The van der Waals surface area contributed by atoms with E-state index in [9.17, 15) is 4.57 Å². The smallest absolute Gasteiger partial charge is 0.0833 e. The van der Waals surface area contributed by atoms with Gasteiger partial charge >= 0.3 is 0 Å². The molecule has 0 radical (unpaired) electrons. The van der Waals surface area contributed by atoms with Crippen LogP contribution < -0.4 is 0 Å². The minimum Gasteiger partial charge on any atom is -0.326 e. The summed E-state index contributed by atoms with van der Waals surface area (Å²) in [5, 5.41) is 0. The highest BCUT2D eigenvalue weighted by Gasteiger charge is 2.19. The van der Waals surface area contributed by atoms with Crippen LogP contribution in [0.15, 0.2) is 30.3 Å². The predicted octanol–water partition coefficient (Wildman–Crippen LogP) is 4.08. The first-order valence-electron chi connectivity index (χ1n) is 5.93. The second-order valence-electron chi connectivity index (χ2n) is 4.46. The summed E-state index contributed by atoms with van der Waals surface area (Å²) in [5.74, 6) is 0. The molecule has 0 bridgehead atoms. The maximum Gasteiger partial charge on any atom is 0.0833 e. The van der Waals surface area contributed by atoms with Crippen molar-refractivity contribution >= 4 is 7.80 Å². The van der Waals surface area contributed by atoms with Crippen LogP contribution in [0, 0.1) is 0 Å². The van der Waals surface area contributed by atoms with Crippen LogP contribution in [0.2, 0.25) is 0 Å². The van der Waals surface area contributed by atoms with Crippen molar-refractivity contribution < 1.29 is 4.57 Å². The van der Waals surface area contributed by atoms with Gasteiger partial charge in [0.15, 0.2) is 0 Å². The Labute approximate surface area is 92.7 Å². The van der Waals surface area contributed by atoms with E-state index >= 15 is 0 Å². The van der Waals surface area contributed by atoms with Crippen LogP contribution in [0.3, 0.4) is 0 Å². The van der Waals surface area contributed by atoms with E-state index in [2.05, 4.69) is 12.1 Å². The molecule has 1 atom stereocenters. The van der Waals surface area contributed by atoms with E-state index in [-0.39, 0.29) is 0 Å². The SMILES string of the molecule is O=[PH](Cc1ccccc1)C1CCCCC1. The number of hydrogen-bond donors (Lipinski definition) is 0. The Morgan fingerprint density at radius 3 is 2.40 bits per heavy atom. The van der Waals surface area contributed by atoms with E-state index in [4.69, 9.17) is 0 Å². The average molecular weight is 222 g/mol. The highest BCUT2D eigenvalue weighted by Crippen LogP contribution is 2.40. The lowest BCUT2D eigenvalue weighted by Gasteiger charge is -2.21. The molecule has 0 N–H and O–H groups in total. The summed E-state index contributed by atoms with van der Waals surface area (Å²) >= 11 is 0. The van der Waals surface area contributed by atoms with Crippen molar-refractivity contribution in [1.82, 2.24) is 0 Å². The first-order chi connectivity index (χ1) is 7.36. The molecule has 1 unspecified atom stereocenters. The van der Waals surface area contributed by atoms with Gasteiger partial charge in [-0.25, -0.2) is 0 Å². The average Bonchev–Trinajstić information content (AvgIpc) is 2.31. The molecule has 0 saturated heterocycles. The molecule has 15 heavy (non-hydrogen) atoms. The maximum absolute atomic E-state index is 12.2. The molecule has 82 valence electrons. The van der Waals surface area contributed by atoms with Crippen LogP contribution in [0.1, 0.15) is 37.7 Å². The third-order valence-electron chi connectivity index (χ3n) is 3.28. The van der Waals surface area contributed by atoms with Crippen LogP contribution in [-0.2, 0) is 10.7 Å². The van der Waals surface area contributed by atoms with Crippen molar-refractivity contribution in [1.29, 1.82) is 0 Å². The molecule has 2 rings (SSSR count). The Morgan fingerprint density at radius 1 is 1.07 bits per heavy atom. The van der Waals surface area contributed by atoms with Crippen LogP contribution in [0.5, 0.6) is 0 Å². The highest BCUT2D eigenvalue weighted by molar-refractivity contribution is 7.44. The summed E-state index contributed by atoms with van der Waals surface area (Å²) in [5.41, 5.74) is 1.77. The molecule has 0 heterocycles. The van der Waals surface area contributed by atoms with E-state index in [0.29, 0.717) is 5.66 Å². The largest absolute Gasteiger partial charge is 0.326 e. The van der Waals surface area contributed by atoms with Crippen molar-refractivity contribution in [3.8, 4) is 0 Å². The quantitative estimate of drug-likeness (QED) is 0.704. The van der Waals surface area contributed by atoms with Gasteiger partial charge in [0.1, 0.15) is 0 Å². The van der Waals surface area contributed by atoms with Gasteiger partial charge in [-0.3, -0.25) is 0 Å². The molecule has 0 amide bonds. The molecule has 1 aliphatic carbocycles. The summed E-state index contributed by atoms with van der Waals surface area (Å²) in [6.07, 6.45) is 7.13. The van der Waals surface area contributed by atoms with Gasteiger partial charge in [0, 0.05) is 11.8 Å². The van der Waals surface area contributed by atoms with Crippen molar-refractivity contribution in [3.63, 3.8) is 0 Å². The normalized spacial score (nSPS) is 20.0. The van der Waals surface area contributed by atoms with Crippen molar-refractivity contribution in [3.05, 3.63) is 35.9 Å². The Hall–Kier alpha value is -0.550. The molecule has 0 aromatic heterocycles. The summed E-state index contributed by atoms with van der Waals surface area (Å²) in [4.78, 5) is 0. The molecular formula is C13H19OP. The molecule has 1 aromatic rings. The van der Waals surface area contributed by atoms with Gasteiger partial charge in [0.2, 0.25) is 0 Å². The minimum atomic E-state index is -1.39. The molecule has 1 nitrogen and oxygen atoms in total. The van der Waals surface area contributed by atoms with Crippen LogP contribution in [-0.4, -0.2) is 5.66 Å². The molecule has 1 aromatic carbocycles. The van der Waals surface area contributed by atoms with Crippen molar-refractivity contribution in [2.24, 2.45) is 0 Å². The fraction of sp³-hybridized carbons (Fsp3) is 0.538. The van der Waals surface area contributed by atoms with E-state index in [1.807, 2.05) is 18.2 Å². The van der Waals surface area contributed by atoms with Gasteiger partial charge in [-0.05, 0) is 18.4 Å². The Balaban J connectivity index is 1.91. The Morgan fingerprint density at radius 2 is 1.73 bits per heavy atom. The zero-order chi connectivity index (χ0) is 10.5. The summed E-state index contributed by atoms with van der Waals surface area (Å²) in [7, 11) is -1.39. The Bertz CT molecular complexity index is 315. The maximum atomic E-state index is 12.2. The number of benzene rings is 1. The predicted molar refractivity (Wildman–Crippen MR) is 66.0 cm³/mol. The van der Waals surface area contributed by atoms with Gasteiger partial charge in [-0.1, -0.05) is 49.6 Å². The van der Waals surface area contributed by atoms with Crippen molar-refractivity contribution in [2.45, 2.75) is 43.9 Å². The molecule has 0 spiro atoms. The lowest BCUT2D eigenvalue weighted by Crippen LogP contribution is -2.08. The van der Waals surface area contributed by atoms with Gasteiger partial charge < -0.3 is 4.57 Å². The summed E-state index contributed by atoms with van der Waals surface area (Å²) in [6, 6.07) is 10.3. The fourth-order valence-electron chi connectivity index (χ4n) is 2.37. The van der Waals surface area contributed by atoms with E-state index < -0.39 is 7.80 Å². The van der Waals surface area contributed by atoms with Gasteiger partial charge in [0.25, 0.3) is 0 Å². The van der Waals surface area contributed by atoms with Gasteiger partial charge in [-0.15, -0.1) is 0 Å². The molecule has 0 aliphatic heterocycles. The molecular weight excluding hydrogens is 203 g/mol.